The molecule has 0 amide bonds. The zero-order valence-electron chi connectivity index (χ0n) is 10.6. The van der Waals surface area contributed by atoms with Gasteiger partial charge in [-0.2, -0.15) is 4.31 Å². The van der Waals surface area contributed by atoms with Gasteiger partial charge in [0, 0.05) is 45.1 Å². The molecule has 7 nitrogen and oxygen atoms in total. The average Bonchev–Trinajstić information content (AvgIpc) is 2.40. The van der Waals surface area contributed by atoms with E-state index in [2.05, 4.69) is 4.98 Å². The van der Waals surface area contributed by atoms with Crippen LogP contribution in [0.5, 0.6) is 0 Å². The number of nitrogen functional groups attached to an aromatic ring is 1. The van der Waals surface area contributed by atoms with Crippen LogP contribution in [-0.2, 0) is 10.0 Å². The lowest BCUT2D eigenvalue weighted by Crippen LogP contribution is -2.49. The molecule has 1 saturated heterocycles. The van der Waals surface area contributed by atoms with Crippen LogP contribution in [0.25, 0.3) is 0 Å². The van der Waals surface area contributed by atoms with Crippen LogP contribution in [0.2, 0.25) is 0 Å². The standard InChI is InChI=1S/C11H18N4O3S/c12-10-7-11(9-13-8-10)19(17,18)15-3-1-14(2-4-15)5-6-16/h7-9,16H,1-6,12H2. The van der Waals surface area contributed by atoms with Gasteiger partial charge in [0.25, 0.3) is 0 Å². The zero-order valence-corrected chi connectivity index (χ0v) is 11.4. The first-order chi connectivity index (χ1) is 9.04. The Morgan fingerprint density at radius 3 is 2.53 bits per heavy atom. The number of nitrogens with zero attached hydrogens (tertiary/aromatic N) is 3. The molecule has 0 aromatic carbocycles. The number of hydrogen-bond donors (Lipinski definition) is 2. The SMILES string of the molecule is Nc1cncc(S(=O)(=O)N2CCN(CCO)CC2)c1. The molecule has 1 aliphatic rings. The number of nitrogens with two attached hydrogens (primary N) is 1. The van der Waals surface area contributed by atoms with Crippen LogP contribution in [0.3, 0.4) is 0 Å². The Morgan fingerprint density at radius 1 is 1.26 bits per heavy atom. The smallest absolute Gasteiger partial charge is 0.244 e. The number of β-amino-alcohol motifs (C(OH)–C–C–N with tert-alkyl or cyclic N) is 1. The van der Waals surface area contributed by atoms with Crippen molar-refractivity contribution in [3.05, 3.63) is 18.5 Å². The fourth-order valence-corrected chi connectivity index (χ4v) is 3.48. The van der Waals surface area contributed by atoms with Crippen molar-refractivity contribution in [2.45, 2.75) is 4.90 Å². The fraction of sp³-hybridized carbons (Fsp3) is 0.545. The van der Waals surface area contributed by atoms with Gasteiger partial charge in [0.15, 0.2) is 0 Å². The number of hydrogen-bond acceptors (Lipinski definition) is 6. The Hall–Kier alpha value is -1.22. The monoisotopic (exact) mass is 286 g/mol. The average molecular weight is 286 g/mol. The first kappa shape index (κ1) is 14.2. The number of aliphatic hydroxyl groups is 1. The number of pyridine rings is 1. The minimum Gasteiger partial charge on any atom is -0.397 e. The third-order valence-electron chi connectivity index (χ3n) is 3.12. The summed E-state index contributed by atoms with van der Waals surface area (Å²) in [5, 5.41) is 8.86. The summed E-state index contributed by atoms with van der Waals surface area (Å²) in [6.07, 6.45) is 2.73. The van der Waals surface area contributed by atoms with E-state index in [0.717, 1.165) is 0 Å². The van der Waals surface area contributed by atoms with Gasteiger partial charge < -0.3 is 10.8 Å². The highest BCUT2D eigenvalue weighted by molar-refractivity contribution is 7.89. The third kappa shape index (κ3) is 3.21. The Labute approximate surface area is 112 Å². The highest BCUT2D eigenvalue weighted by atomic mass is 32.2. The molecule has 0 saturated carbocycles. The molecule has 0 aliphatic carbocycles. The normalized spacial score (nSPS) is 18.6. The molecule has 3 N–H and O–H groups in total. The van der Waals surface area contributed by atoms with E-state index in [1.54, 1.807) is 0 Å². The van der Waals surface area contributed by atoms with Crippen LogP contribution < -0.4 is 5.73 Å². The molecule has 106 valence electrons. The van der Waals surface area contributed by atoms with E-state index in [9.17, 15) is 8.42 Å². The summed E-state index contributed by atoms with van der Waals surface area (Å²) in [6.45, 7) is 2.74. The molecule has 19 heavy (non-hydrogen) atoms. The Morgan fingerprint density at radius 2 is 1.95 bits per heavy atom. The van der Waals surface area contributed by atoms with Crippen LogP contribution in [-0.4, -0.2) is 67.0 Å². The highest BCUT2D eigenvalue weighted by Crippen LogP contribution is 2.18. The van der Waals surface area contributed by atoms with Gasteiger partial charge in [0.1, 0.15) is 4.90 Å². The molecular weight excluding hydrogens is 268 g/mol. The lowest BCUT2D eigenvalue weighted by atomic mass is 10.4. The minimum absolute atomic E-state index is 0.0892. The first-order valence-corrected chi connectivity index (χ1v) is 7.52. The number of piperazine rings is 1. The number of anilines is 1. The van der Waals surface area contributed by atoms with Crippen molar-refractivity contribution < 1.29 is 13.5 Å². The number of aliphatic hydroxyl groups excluding tert-OH is 1. The van der Waals surface area contributed by atoms with E-state index in [-0.39, 0.29) is 11.5 Å². The van der Waals surface area contributed by atoms with Crippen molar-refractivity contribution >= 4 is 15.7 Å². The van der Waals surface area contributed by atoms with E-state index >= 15 is 0 Å². The quantitative estimate of drug-likeness (QED) is 0.733. The summed E-state index contributed by atoms with van der Waals surface area (Å²) in [7, 11) is -3.52. The van der Waals surface area contributed by atoms with E-state index in [4.69, 9.17) is 10.8 Å². The van der Waals surface area contributed by atoms with Crippen molar-refractivity contribution in [3.63, 3.8) is 0 Å². The van der Waals surface area contributed by atoms with Crippen molar-refractivity contribution in [2.24, 2.45) is 0 Å². The molecule has 2 heterocycles. The van der Waals surface area contributed by atoms with Gasteiger partial charge in [0.2, 0.25) is 10.0 Å². The van der Waals surface area contributed by atoms with Gasteiger partial charge in [-0.3, -0.25) is 9.88 Å². The van der Waals surface area contributed by atoms with Gasteiger partial charge in [-0.15, -0.1) is 0 Å². The molecule has 1 aromatic rings. The van der Waals surface area contributed by atoms with Gasteiger partial charge >= 0.3 is 0 Å². The van der Waals surface area contributed by atoms with Gasteiger partial charge in [0.05, 0.1) is 12.3 Å². The summed E-state index contributed by atoms with van der Waals surface area (Å²) in [5.74, 6) is 0. The van der Waals surface area contributed by atoms with Crippen LogP contribution in [0.1, 0.15) is 0 Å². The molecule has 1 aliphatic heterocycles. The first-order valence-electron chi connectivity index (χ1n) is 6.08. The second-order valence-corrected chi connectivity index (χ2v) is 6.36. The maximum absolute atomic E-state index is 12.4. The lowest BCUT2D eigenvalue weighted by molar-refractivity contribution is 0.151. The predicted molar refractivity (Wildman–Crippen MR) is 70.9 cm³/mol. The summed E-state index contributed by atoms with van der Waals surface area (Å²) in [6, 6.07) is 1.42. The predicted octanol–water partition coefficient (Wildman–Crippen LogP) is -1.04. The Kier molecular flexibility index (Phi) is 4.35. The lowest BCUT2D eigenvalue weighted by Gasteiger charge is -2.33. The topological polar surface area (TPSA) is 99.8 Å². The van der Waals surface area contributed by atoms with Crippen LogP contribution in [0.15, 0.2) is 23.4 Å². The third-order valence-corrected chi connectivity index (χ3v) is 4.98. The maximum atomic E-state index is 12.4. The minimum atomic E-state index is -3.52. The highest BCUT2D eigenvalue weighted by Gasteiger charge is 2.28. The number of rotatable bonds is 4. The number of sulfonamides is 1. The molecule has 2 rings (SSSR count). The van der Waals surface area contributed by atoms with Crippen molar-refractivity contribution in [1.82, 2.24) is 14.2 Å². The van der Waals surface area contributed by atoms with E-state index in [0.29, 0.717) is 38.4 Å². The molecule has 0 radical (unpaired) electrons. The van der Waals surface area contributed by atoms with Crippen LogP contribution >= 0.6 is 0 Å². The zero-order chi connectivity index (χ0) is 13.9. The van der Waals surface area contributed by atoms with Gasteiger partial charge in [-0.1, -0.05) is 0 Å². The molecule has 1 aromatic heterocycles. The second kappa shape index (κ2) is 5.83. The van der Waals surface area contributed by atoms with E-state index in [1.165, 1.54) is 22.8 Å². The van der Waals surface area contributed by atoms with Crippen LogP contribution in [0.4, 0.5) is 5.69 Å². The number of aromatic nitrogens is 1. The largest absolute Gasteiger partial charge is 0.397 e. The van der Waals surface area contributed by atoms with Gasteiger partial charge in [-0.25, -0.2) is 8.42 Å². The van der Waals surface area contributed by atoms with E-state index in [1.807, 2.05) is 4.90 Å². The summed E-state index contributed by atoms with van der Waals surface area (Å²) in [5.41, 5.74) is 5.90. The van der Waals surface area contributed by atoms with Crippen LogP contribution in [0, 0.1) is 0 Å². The summed E-state index contributed by atoms with van der Waals surface area (Å²) in [4.78, 5) is 5.97. The van der Waals surface area contributed by atoms with E-state index < -0.39 is 10.0 Å². The summed E-state index contributed by atoms with van der Waals surface area (Å²) < 4.78 is 26.2. The molecular formula is C11H18N4O3S. The molecule has 0 bridgehead atoms. The van der Waals surface area contributed by atoms with Crippen molar-refractivity contribution in [3.8, 4) is 0 Å². The second-order valence-electron chi connectivity index (χ2n) is 4.42. The molecule has 0 spiro atoms. The Bertz CT molecular complexity index is 526. The fourth-order valence-electron chi connectivity index (χ4n) is 2.06. The van der Waals surface area contributed by atoms with Crippen molar-refractivity contribution in [1.29, 1.82) is 0 Å². The molecule has 1 fully saturated rings. The molecule has 8 heteroatoms. The summed E-state index contributed by atoms with van der Waals surface area (Å²) >= 11 is 0. The maximum Gasteiger partial charge on any atom is 0.244 e. The molecule has 0 unspecified atom stereocenters. The van der Waals surface area contributed by atoms with Gasteiger partial charge in [-0.05, 0) is 6.07 Å². The van der Waals surface area contributed by atoms with Crippen molar-refractivity contribution in [2.75, 3.05) is 45.1 Å². The Balaban J connectivity index is 2.10. The molecule has 0 atom stereocenters.